The highest BCUT2D eigenvalue weighted by Crippen LogP contribution is 2.21. The third kappa shape index (κ3) is 5.42. The third-order valence-electron chi connectivity index (χ3n) is 4.84. The van der Waals surface area contributed by atoms with Gasteiger partial charge >= 0.3 is 0 Å². The van der Waals surface area contributed by atoms with E-state index in [-0.39, 0.29) is 5.91 Å². The van der Waals surface area contributed by atoms with Crippen molar-refractivity contribution in [3.05, 3.63) is 95.2 Å². The van der Waals surface area contributed by atoms with Gasteiger partial charge < -0.3 is 9.42 Å². The molecule has 4 aromatic rings. The molecule has 6 heteroatoms. The fraction of sp³-hybridized carbons (Fsp3) is 0.208. The van der Waals surface area contributed by atoms with Crippen LogP contribution in [-0.2, 0) is 24.2 Å². The Morgan fingerprint density at radius 2 is 1.63 bits per heavy atom. The molecule has 0 saturated heterocycles. The predicted octanol–water partition coefficient (Wildman–Crippen LogP) is 5.00. The Morgan fingerprint density at radius 3 is 2.33 bits per heavy atom. The van der Waals surface area contributed by atoms with Crippen LogP contribution in [0.4, 0.5) is 0 Å². The van der Waals surface area contributed by atoms with Gasteiger partial charge in [0.15, 0.2) is 0 Å². The van der Waals surface area contributed by atoms with Gasteiger partial charge in [-0.1, -0.05) is 71.9 Å². The van der Waals surface area contributed by atoms with Crippen molar-refractivity contribution in [2.75, 3.05) is 6.54 Å². The van der Waals surface area contributed by atoms with Gasteiger partial charge in [0.25, 0.3) is 0 Å². The van der Waals surface area contributed by atoms with Gasteiger partial charge in [0.1, 0.15) is 0 Å². The number of hydrogen-bond acceptors (Lipinski definition) is 5. The molecule has 1 amide bonds. The first kappa shape index (κ1) is 20.0. The largest absolute Gasteiger partial charge is 0.339 e. The number of hydrogen-bond donors (Lipinski definition) is 0. The van der Waals surface area contributed by atoms with Gasteiger partial charge in [-0.05, 0) is 29.0 Å². The average Bonchev–Trinajstić information content (AvgIpc) is 3.48. The van der Waals surface area contributed by atoms with Gasteiger partial charge in [0.2, 0.25) is 17.6 Å². The molecule has 0 bridgehead atoms. The van der Waals surface area contributed by atoms with E-state index in [1.807, 2.05) is 70.9 Å². The molecule has 2 aromatic carbocycles. The van der Waals surface area contributed by atoms with Crippen LogP contribution >= 0.6 is 11.3 Å². The van der Waals surface area contributed by atoms with Crippen LogP contribution in [0.3, 0.4) is 0 Å². The van der Waals surface area contributed by atoms with Crippen LogP contribution < -0.4 is 0 Å². The molecule has 0 fully saturated rings. The molecule has 0 radical (unpaired) electrons. The minimum absolute atomic E-state index is 0.0886. The number of rotatable bonds is 9. The van der Waals surface area contributed by atoms with E-state index in [0.29, 0.717) is 37.6 Å². The maximum absolute atomic E-state index is 13.0. The lowest BCUT2D eigenvalue weighted by atomic mass is 10.1. The van der Waals surface area contributed by atoms with Crippen LogP contribution in [-0.4, -0.2) is 27.5 Å². The number of nitrogens with zero attached hydrogens (tertiary/aromatic N) is 3. The van der Waals surface area contributed by atoms with E-state index in [4.69, 9.17) is 4.52 Å². The van der Waals surface area contributed by atoms with E-state index in [2.05, 4.69) is 22.3 Å². The fourth-order valence-corrected chi connectivity index (χ4v) is 3.89. The van der Waals surface area contributed by atoms with Crippen molar-refractivity contribution in [3.63, 3.8) is 0 Å². The fourth-order valence-electron chi connectivity index (χ4n) is 3.24. The second-order valence-corrected chi connectivity index (χ2v) is 7.97. The first-order valence-electron chi connectivity index (χ1n) is 10.00. The highest BCUT2D eigenvalue weighted by Gasteiger charge is 2.17. The van der Waals surface area contributed by atoms with E-state index < -0.39 is 0 Å². The molecule has 0 spiro atoms. The molecule has 0 unspecified atom stereocenters. The van der Waals surface area contributed by atoms with Crippen molar-refractivity contribution in [2.24, 2.45) is 0 Å². The molecule has 4 rings (SSSR count). The SMILES string of the molecule is O=C(CCc1nc(-c2cccs2)no1)N(CCc1ccccc1)Cc1ccccc1. The monoisotopic (exact) mass is 417 g/mol. The summed E-state index contributed by atoms with van der Waals surface area (Å²) in [5.41, 5.74) is 2.34. The van der Waals surface area contributed by atoms with Crippen molar-refractivity contribution in [1.82, 2.24) is 15.0 Å². The number of thiophene rings is 1. The standard InChI is InChI=1S/C24H23N3O2S/c28-23(14-13-22-25-24(26-29-22)21-12-7-17-30-21)27(18-20-10-5-2-6-11-20)16-15-19-8-3-1-4-9-19/h1-12,17H,13-16,18H2. The Hall–Kier alpha value is -3.25. The first-order valence-corrected chi connectivity index (χ1v) is 10.9. The molecule has 5 nitrogen and oxygen atoms in total. The molecule has 30 heavy (non-hydrogen) atoms. The topological polar surface area (TPSA) is 59.2 Å². The summed E-state index contributed by atoms with van der Waals surface area (Å²) in [5.74, 6) is 1.16. The van der Waals surface area contributed by atoms with Crippen molar-refractivity contribution >= 4 is 17.2 Å². The van der Waals surface area contributed by atoms with Crippen LogP contribution in [0, 0.1) is 0 Å². The maximum Gasteiger partial charge on any atom is 0.227 e. The van der Waals surface area contributed by atoms with Crippen molar-refractivity contribution in [1.29, 1.82) is 0 Å². The molecule has 2 heterocycles. The highest BCUT2D eigenvalue weighted by atomic mass is 32.1. The Balaban J connectivity index is 1.39. The molecule has 152 valence electrons. The zero-order valence-electron chi connectivity index (χ0n) is 16.6. The van der Waals surface area contributed by atoms with E-state index in [9.17, 15) is 4.79 Å². The number of aryl methyl sites for hydroxylation is 1. The smallest absolute Gasteiger partial charge is 0.227 e. The Labute approximate surface area is 180 Å². The Kier molecular flexibility index (Phi) is 6.67. The van der Waals surface area contributed by atoms with E-state index in [0.717, 1.165) is 16.9 Å². The minimum Gasteiger partial charge on any atom is -0.339 e. The summed E-state index contributed by atoms with van der Waals surface area (Å²) in [7, 11) is 0. The second-order valence-electron chi connectivity index (χ2n) is 7.03. The molecule has 0 aliphatic rings. The predicted molar refractivity (Wildman–Crippen MR) is 118 cm³/mol. The lowest BCUT2D eigenvalue weighted by Gasteiger charge is -2.23. The minimum atomic E-state index is 0.0886. The van der Waals surface area contributed by atoms with Gasteiger partial charge in [0, 0.05) is 25.9 Å². The number of aromatic nitrogens is 2. The van der Waals surface area contributed by atoms with Gasteiger partial charge in [-0.15, -0.1) is 11.3 Å². The van der Waals surface area contributed by atoms with Gasteiger partial charge in [-0.25, -0.2) is 0 Å². The van der Waals surface area contributed by atoms with Crippen molar-refractivity contribution in [2.45, 2.75) is 25.8 Å². The molecule has 0 aliphatic heterocycles. The van der Waals surface area contributed by atoms with E-state index in [1.165, 1.54) is 5.56 Å². The average molecular weight is 418 g/mol. The Morgan fingerprint density at radius 1 is 0.900 bits per heavy atom. The normalized spacial score (nSPS) is 10.8. The molecule has 0 N–H and O–H groups in total. The molecule has 0 aliphatic carbocycles. The van der Waals surface area contributed by atoms with Crippen LogP contribution in [0.1, 0.15) is 23.4 Å². The summed E-state index contributed by atoms with van der Waals surface area (Å²) >= 11 is 1.56. The number of benzene rings is 2. The van der Waals surface area contributed by atoms with Crippen molar-refractivity contribution in [3.8, 4) is 10.7 Å². The van der Waals surface area contributed by atoms with Crippen molar-refractivity contribution < 1.29 is 9.32 Å². The van der Waals surface area contributed by atoms with Gasteiger partial charge in [-0.2, -0.15) is 4.98 Å². The van der Waals surface area contributed by atoms with Crippen LogP contribution in [0.15, 0.2) is 82.7 Å². The Bertz CT molecular complexity index is 1050. The molecule has 2 aromatic heterocycles. The summed E-state index contributed by atoms with van der Waals surface area (Å²) in [6, 6.07) is 24.2. The van der Waals surface area contributed by atoms with Crippen LogP contribution in [0.25, 0.3) is 10.7 Å². The molecular weight excluding hydrogens is 394 g/mol. The van der Waals surface area contributed by atoms with Gasteiger partial charge in [-0.3, -0.25) is 4.79 Å². The molecule has 0 atom stereocenters. The second kappa shape index (κ2) is 9.98. The van der Waals surface area contributed by atoms with Crippen LogP contribution in [0.5, 0.6) is 0 Å². The first-order chi connectivity index (χ1) is 14.8. The zero-order chi connectivity index (χ0) is 20.6. The maximum atomic E-state index is 13.0. The van der Waals surface area contributed by atoms with E-state index in [1.54, 1.807) is 11.3 Å². The summed E-state index contributed by atoms with van der Waals surface area (Å²) < 4.78 is 5.34. The lowest BCUT2D eigenvalue weighted by molar-refractivity contribution is -0.131. The number of carbonyl (C=O) groups excluding carboxylic acids is 1. The summed E-state index contributed by atoms with van der Waals surface area (Å²) in [5, 5.41) is 6.00. The highest BCUT2D eigenvalue weighted by molar-refractivity contribution is 7.13. The summed E-state index contributed by atoms with van der Waals surface area (Å²) in [6.07, 6.45) is 1.60. The van der Waals surface area contributed by atoms with Gasteiger partial charge in [0.05, 0.1) is 4.88 Å². The van der Waals surface area contributed by atoms with E-state index >= 15 is 0 Å². The molecular formula is C24H23N3O2S. The molecule has 0 saturated carbocycles. The summed E-state index contributed by atoms with van der Waals surface area (Å²) in [6.45, 7) is 1.26. The third-order valence-corrected chi connectivity index (χ3v) is 5.71. The lowest BCUT2D eigenvalue weighted by Crippen LogP contribution is -2.32. The zero-order valence-corrected chi connectivity index (χ0v) is 17.4. The number of carbonyl (C=O) groups is 1. The van der Waals surface area contributed by atoms with Crippen LogP contribution in [0.2, 0.25) is 0 Å². The number of amides is 1. The quantitative estimate of drug-likeness (QED) is 0.384. The summed E-state index contributed by atoms with van der Waals surface area (Å²) in [4.78, 5) is 20.3.